The van der Waals surface area contributed by atoms with Crippen LogP contribution in [-0.2, 0) is 4.79 Å². The minimum absolute atomic E-state index is 0.277. The van der Waals surface area contributed by atoms with E-state index in [1.54, 1.807) is 42.5 Å². The van der Waals surface area contributed by atoms with E-state index < -0.39 is 11.8 Å². The number of rotatable bonds is 7. The Morgan fingerprint density at radius 1 is 0.889 bits per heavy atom. The van der Waals surface area contributed by atoms with Gasteiger partial charge in [0, 0.05) is 11.1 Å². The minimum atomic E-state index is -0.564. The van der Waals surface area contributed by atoms with Gasteiger partial charge in [-0.3, -0.25) is 25.2 Å². The van der Waals surface area contributed by atoms with Crippen LogP contribution in [0, 0.1) is 0 Å². The highest BCUT2D eigenvalue weighted by molar-refractivity contribution is 5.98. The molecule has 0 bridgehead atoms. The zero-order valence-electron chi connectivity index (χ0n) is 15.1. The van der Waals surface area contributed by atoms with E-state index >= 15 is 0 Å². The Hall–Kier alpha value is -3.55. The number of hydrogen-bond acceptors (Lipinski definition) is 5. The van der Waals surface area contributed by atoms with Crippen molar-refractivity contribution >= 4 is 17.7 Å². The number of amides is 3. The number of carbonyl (C=O) groups is 3. The summed E-state index contributed by atoms with van der Waals surface area (Å²) in [4.78, 5) is 35.8. The van der Waals surface area contributed by atoms with Gasteiger partial charge in [-0.05, 0) is 37.3 Å². The van der Waals surface area contributed by atoms with Crippen molar-refractivity contribution in [3.05, 3.63) is 59.7 Å². The average Bonchev–Trinajstić information content (AvgIpc) is 2.71. The zero-order chi connectivity index (χ0) is 19.6. The van der Waals surface area contributed by atoms with Crippen molar-refractivity contribution in [2.24, 2.45) is 0 Å². The van der Waals surface area contributed by atoms with E-state index in [4.69, 9.17) is 9.47 Å². The Kier molecular flexibility index (Phi) is 7.18. The molecular weight excluding hydrogens is 350 g/mol. The highest BCUT2D eigenvalue weighted by atomic mass is 16.5. The Morgan fingerprint density at radius 3 is 2.30 bits per heavy atom. The van der Waals surface area contributed by atoms with E-state index in [0.29, 0.717) is 23.7 Å². The molecule has 0 heterocycles. The molecule has 0 spiro atoms. The van der Waals surface area contributed by atoms with Gasteiger partial charge in [0.25, 0.3) is 17.7 Å². The first-order valence-electron chi connectivity index (χ1n) is 8.28. The van der Waals surface area contributed by atoms with Crippen LogP contribution in [-0.4, -0.2) is 38.0 Å². The monoisotopic (exact) mass is 371 g/mol. The Labute approximate surface area is 156 Å². The Balaban J connectivity index is 1.84. The maximum atomic E-state index is 12.1. The predicted octanol–water partition coefficient (Wildman–Crippen LogP) is 1.28. The third kappa shape index (κ3) is 5.74. The lowest BCUT2D eigenvalue weighted by atomic mass is 10.2. The van der Waals surface area contributed by atoms with Crippen molar-refractivity contribution in [1.29, 1.82) is 0 Å². The summed E-state index contributed by atoms with van der Waals surface area (Å²) in [5.41, 5.74) is 5.24. The molecule has 2 aromatic rings. The Morgan fingerprint density at radius 2 is 1.63 bits per heavy atom. The molecule has 0 atom stereocenters. The van der Waals surface area contributed by atoms with Crippen molar-refractivity contribution in [2.75, 3.05) is 20.3 Å². The molecule has 2 rings (SSSR count). The maximum Gasteiger partial charge on any atom is 0.269 e. The van der Waals surface area contributed by atoms with E-state index in [0.717, 1.165) is 0 Å². The highest BCUT2D eigenvalue weighted by Gasteiger charge is 2.12. The zero-order valence-corrected chi connectivity index (χ0v) is 15.1. The summed E-state index contributed by atoms with van der Waals surface area (Å²) in [6, 6.07) is 13.2. The van der Waals surface area contributed by atoms with E-state index in [2.05, 4.69) is 16.2 Å². The van der Waals surface area contributed by atoms with Crippen molar-refractivity contribution in [3.63, 3.8) is 0 Å². The van der Waals surface area contributed by atoms with Crippen molar-refractivity contribution < 1.29 is 23.9 Å². The van der Waals surface area contributed by atoms with Crippen LogP contribution in [0.3, 0.4) is 0 Å². The molecule has 142 valence electrons. The van der Waals surface area contributed by atoms with Crippen LogP contribution in [0.4, 0.5) is 0 Å². The molecule has 0 aliphatic carbocycles. The molecule has 0 unspecified atom stereocenters. The Bertz CT molecular complexity index is 808. The molecule has 8 nitrogen and oxygen atoms in total. The summed E-state index contributed by atoms with van der Waals surface area (Å²) < 4.78 is 10.6. The van der Waals surface area contributed by atoms with Gasteiger partial charge in [0.05, 0.1) is 20.3 Å². The molecule has 0 aromatic heterocycles. The first kappa shape index (κ1) is 19.8. The van der Waals surface area contributed by atoms with E-state index in [1.165, 1.54) is 13.2 Å². The first-order chi connectivity index (χ1) is 13.0. The van der Waals surface area contributed by atoms with Crippen LogP contribution in [0.5, 0.6) is 11.5 Å². The summed E-state index contributed by atoms with van der Waals surface area (Å²) in [6.07, 6.45) is 0. The average molecular weight is 371 g/mol. The van der Waals surface area contributed by atoms with Crippen LogP contribution < -0.4 is 25.6 Å². The van der Waals surface area contributed by atoms with Crippen LogP contribution >= 0.6 is 0 Å². The van der Waals surface area contributed by atoms with Gasteiger partial charge in [-0.25, -0.2) is 0 Å². The molecule has 3 N–H and O–H groups in total. The molecule has 3 amide bonds. The largest absolute Gasteiger partial charge is 0.493 e. The van der Waals surface area contributed by atoms with E-state index in [1.807, 2.05) is 6.92 Å². The smallest absolute Gasteiger partial charge is 0.269 e. The maximum absolute atomic E-state index is 12.1. The summed E-state index contributed by atoms with van der Waals surface area (Å²) >= 11 is 0. The van der Waals surface area contributed by atoms with Crippen LogP contribution in [0.1, 0.15) is 27.6 Å². The summed E-state index contributed by atoms with van der Waals surface area (Å²) in [5.74, 6) is -0.548. The van der Waals surface area contributed by atoms with Gasteiger partial charge in [-0.1, -0.05) is 18.2 Å². The molecule has 0 aliphatic heterocycles. The molecule has 8 heteroatoms. The third-order valence-electron chi connectivity index (χ3n) is 3.49. The van der Waals surface area contributed by atoms with Gasteiger partial charge < -0.3 is 14.8 Å². The summed E-state index contributed by atoms with van der Waals surface area (Å²) in [7, 11) is 1.47. The lowest BCUT2D eigenvalue weighted by Crippen LogP contribution is -2.46. The predicted molar refractivity (Wildman–Crippen MR) is 98.5 cm³/mol. The molecule has 0 fully saturated rings. The van der Waals surface area contributed by atoms with Gasteiger partial charge >= 0.3 is 0 Å². The topological polar surface area (TPSA) is 106 Å². The first-order valence-corrected chi connectivity index (χ1v) is 8.28. The number of hydrogen-bond donors (Lipinski definition) is 3. The van der Waals surface area contributed by atoms with Gasteiger partial charge in [-0.2, -0.15) is 0 Å². The summed E-state index contributed by atoms with van der Waals surface area (Å²) in [6.45, 7) is 2.03. The number of nitrogens with one attached hydrogen (secondary N) is 3. The number of hydrazine groups is 1. The number of carbonyl (C=O) groups excluding carboxylic acids is 3. The van der Waals surface area contributed by atoms with Crippen molar-refractivity contribution in [1.82, 2.24) is 16.2 Å². The number of methoxy groups -OCH3 is 1. The highest BCUT2D eigenvalue weighted by Crippen LogP contribution is 2.27. The van der Waals surface area contributed by atoms with Crippen molar-refractivity contribution in [2.45, 2.75) is 6.92 Å². The van der Waals surface area contributed by atoms with Crippen LogP contribution in [0.2, 0.25) is 0 Å². The SMILES string of the molecule is CCOc1ccc(C(=O)NNC(=O)CNC(=O)c2ccccc2)cc1OC. The second kappa shape index (κ2) is 9.81. The van der Waals surface area contributed by atoms with Crippen LogP contribution in [0.15, 0.2) is 48.5 Å². The normalized spacial score (nSPS) is 9.85. The lowest BCUT2D eigenvalue weighted by Gasteiger charge is -2.12. The lowest BCUT2D eigenvalue weighted by molar-refractivity contribution is -0.120. The number of ether oxygens (including phenoxy) is 2. The van der Waals surface area contributed by atoms with E-state index in [9.17, 15) is 14.4 Å². The second-order valence-corrected chi connectivity index (χ2v) is 5.35. The molecule has 0 aliphatic rings. The minimum Gasteiger partial charge on any atom is -0.493 e. The van der Waals surface area contributed by atoms with Gasteiger partial charge in [0.1, 0.15) is 0 Å². The molecule has 27 heavy (non-hydrogen) atoms. The second-order valence-electron chi connectivity index (χ2n) is 5.35. The fourth-order valence-corrected chi connectivity index (χ4v) is 2.18. The quantitative estimate of drug-likeness (QED) is 0.636. The summed E-state index contributed by atoms with van der Waals surface area (Å²) in [5, 5.41) is 2.46. The molecule has 0 saturated carbocycles. The molecule has 0 saturated heterocycles. The van der Waals surface area contributed by atoms with E-state index in [-0.39, 0.29) is 18.0 Å². The standard InChI is InChI=1S/C19H21N3O5/c1-3-27-15-10-9-14(11-16(15)26-2)19(25)22-21-17(23)12-20-18(24)13-7-5-4-6-8-13/h4-11H,3,12H2,1-2H3,(H,20,24)(H,21,23)(H,22,25). The molecule has 2 aromatic carbocycles. The van der Waals surface area contributed by atoms with Gasteiger partial charge in [-0.15, -0.1) is 0 Å². The van der Waals surface area contributed by atoms with Crippen LogP contribution in [0.25, 0.3) is 0 Å². The van der Waals surface area contributed by atoms with Crippen molar-refractivity contribution in [3.8, 4) is 11.5 Å². The third-order valence-corrected chi connectivity index (χ3v) is 3.49. The molecular formula is C19H21N3O5. The fraction of sp³-hybridized carbons (Fsp3) is 0.211. The number of benzene rings is 2. The van der Waals surface area contributed by atoms with Gasteiger partial charge in [0.15, 0.2) is 11.5 Å². The van der Waals surface area contributed by atoms with Gasteiger partial charge in [0.2, 0.25) is 0 Å². The molecule has 0 radical (unpaired) electrons. The fourth-order valence-electron chi connectivity index (χ4n) is 2.18.